The molecule has 110 valence electrons. The number of aryl methyl sites for hydroxylation is 1. The quantitative estimate of drug-likeness (QED) is 0.886. The highest BCUT2D eigenvalue weighted by Crippen LogP contribution is 2.39. The van der Waals surface area contributed by atoms with Gasteiger partial charge < -0.3 is 15.3 Å². The number of hydrogen-bond donors (Lipinski definition) is 2. The van der Waals surface area contributed by atoms with Crippen molar-refractivity contribution >= 4 is 5.69 Å². The number of aliphatic hydroxyl groups is 1. The van der Waals surface area contributed by atoms with Gasteiger partial charge >= 0.3 is 0 Å². The van der Waals surface area contributed by atoms with Crippen LogP contribution < -0.4 is 10.2 Å². The summed E-state index contributed by atoms with van der Waals surface area (Å²) < 4.78 is 0. The maximum Gasteiger partial charge on any atom is 0.0579 e. The molecule has 2 saturated heterocycles. The molecule has 0 aromatic heterocycles. The van der Waals surface area contributed by atoms with Crippen LogP contribution in [-0.2, 0) is 6.54 Å². The Labute approximate surface area is 122 Å². The third-order valence-electron chi connectivity index (χ3n) is 4.90. The van der Waals surface area contributed by atoms with Crippen molar-refractivity contribution in [3.05, 3.63) is 29.3 Å². The highest BCUT2D eigenvalue weighted by molar-refractivity contribution is 5.54. The monoisotopic (exact) mass is 274 g/mol. The molecule has 0 saturated carbocycles. The zero-order valence-corrected chi connectivity index (χ0v) is 12.6. The van der Waals surface area contributed by atoms with Gasteiger partial charge in [0.2, 0.25) is 0 Å². The first-order chi connectivity index (χ1) is 9.69. The molecule has 1 aromatic rings. The molecule has 2 heterocycles. The molecule has 0 amide bonds. The summed E-state index contributed by atoms with van der Waals surface area (Å²) in [6.07, 6.45) is 4.27. The summed E-state index contributed by atoms with van der Waals surface area (Å²) in [6, 6.07) is 7.95. The standard InChI is InChI=1S/C17H26N2O/c1-3-18-11-13-4-5-14(8-12(13)2)19-15-6-7-16(19)10-17(20)9-15/h4-5,8,15-18,20H,3,6-7,9-11H2,1-2H3. The number of benzene rings is 1. The minimum atomic E-state index is -0.0853. The van der Waals surface area contributed by atoms with Gasteiger partial charge in [-0.3, -0.25) is 0 Å². The average Bonchev–Trinajstić information content (AvgIpc) is 2.69. The van der Waals surface area contributed by atoms with E-state index in [1.165, 1.54) is 29.7 Å². The summed E-state index contributed by atoms with van der Waals surface area (Å²) in [5.74, 6) is 0. The van der Waals surface area contributed by atoms with Gasteiger partial charge in [-0.2, -0.15) is 0 Å². The molecule has 3 nitrogen and oxygen atoms in total. The summed E-state index contributed by atoms with van der Waals surface area (Å²) in [5.41, 5.74) is 4.11. The van der Waals surface area contributed by atoms with Gasteiger partial charge in [-0.25, -0.2) is 0 Å². The van der Waals surface area contributed by atoms with E-state index in [0.29, 0.717) is 12.1 Å². The third kappa shape index (κ3) is 2.57. The lowest BCUT2D eigenvalue weighted by Gasteiger charge is -2.39. The van der Waals surface area contributed by atoms with Crippen LogP contribution >= 0.6 is 0 Å². The van der Waals surface area contributed by atoms with Crippen molar-refractivity contribution in [1.82, 2.24) is 5.32 Å². The number of aliphatic hydroxyl groups excluding tert-OH is 1. The predicted molar refractivity (Wildman–Crippen MR) is 83.1 cm³/mol. The van der Waals surface area contributed by atoms with Crippen molar-refractivity contribution in [3.63, 3.8) is 0 Å². The first-order valence-corrected chi connectivity index (χ1v) is 7.95. The average molecular weight is 274 g/mol. The highest BCUT2D eigenvalue weighted by Gasteiger charge is 2.40. The van der Waals surface area contributed by atoms with Crippen LogP contribution in [0.25, 0.3) is 0 Å². The maximum atomic E-state index is 9.92. The van der Waals surface area contributed by atoms with Crippen LogP contribution in [0.4, 0.5) is 5.69 Å². The normalized spacial score (nSPS) is 28.9. The lowest BCUT2D eigenvalue weighted by Crippen LogP contribution is -2.44. The van der Waals surface area contributed by atoms with Crippen LogP contribution in [0.2, 0.25) is 0 Å². The summed E-state index contributed by atoms with van der Waals surface area (Å²) in [4.78, 5) is 2.57. The molecule has 2 fully saturated rings. The molecule has 2 bridgehead atoms. The molecule has 1 aromatic carbocycles. The van der Waals surface area contributed by atoms with Crippen LogP contribution in [0.3, 0.4) is 0 Å². The van der Waals surface area contributed by atoms with Gasteiger partial charge in [0, 0.05) is 24.3 Å². The van der Waals surface area contributed by atoms with Gasteiger partial charge in [-0.15, -0.1) is 0 Å². The Morgan fingerprint density at radius 1 is 1.25 bits per heavy atom. The summed E-state index contributed by atoms with van der Waals surface area (Å²) in [5, 5.41) is 13.3. The molecular weight excluding hydrogens is 248 g/mol. The van der Waals surface area contributed by atoms with Crippen molar-refractivity contribution in [3.8, 4) is 0 Å². The van der Waals surface area contributed by atoms with Gasteiger partial charge in [0.1, 0.15) is 0 Å². The van der Waals surface area contributed by atoms with Crippen molar-refractivity contribution in [2.75, 3.05) is 11.4 Å². The number of hydrogen-bond acceptors (Lipinski definition) is 3. The molecule has 0 spiro atoms. The van der Waals surface area contributed by atoms with E-state index in [9.17, 15) is 5.11 Å². The van der Waals surface area contributed by atoms with Gasteiger partial charge in [-0.1, -0.05) is 13.0 Å². The smallest absolute Gasteiger partial charge is 0.0579 e. The molecular formula is C17H26N2O. The molecule has 2 atom stereocenters. The molecule has 2 aliphatic heterocycles. The second kappa shape index (κ2) is 5.74. The molecule has 20 heavy (non-hydrogen) atoms. The van der Waals surface area contributed by atoms with Gasteiger partial charge in [0.05, 0.1) is 6.10 Å². The minimum Gasteiger partial charge on any atom is -0.393 e. The molecule has 2 unspecified atom stereocenters. The first-order valence-electron chi connectivity index (χ1n) is 7.95. The highest BCUT2D eigenvalue weighted by atomic mass is 16.3. The zero-order valence-electron chi connectivity index (χ0n) is 12.6. The number of rotatable bonds is 4. The Balaban J connectivity index is 1.79. The molecule has 2 N–H and O–H groups in total. The Morgan fingerprint density at radius 2 is 1.95 bits per heavy atom. The van der Waals surface area contributed by atoms with E-state index in [1.54, 1.807) is 0 Å². The fraction of sp³-hybridized carbons (Fsp3) is 0.647. The topological polar surface area (TPSA) is 35.5 Å². The Bertz CT molecular complexity index is 460. The van der Waals surface area contributed by atoms with Gasteiger partial charge in [-0.05, 0) is 62.4 Å². The van der Waals surface area contributed by atoms with Crippen LogP contribution in [-0.4, -0.2) is 29.8 Å². The third-order valence-corrected chi connectivity index (χ3v) is 4.90. The predicted octanol–water partition coefficient (Wildman–Crippen LogP) is 2.60. The lowest BCUT2D eigenvalue weighted by atomic mass is 9.98. The first kappa shape index (κ1) is 13.9. The number of anilines is 1. The lowest BCUT2D eigenvalue weighted by molar-refractivity contribution is 0.126. The van der Waals surface area contributed by atoms with E-state index in [1.807, 2.05) is 0 Å². The van der Waals surface area contributed by atoms with Crippen molar-refractivity contribution in [1.29, 1.82) is 0 Å². The summed E-state index contributed by atoms with van der Waals surface area (Å²) in [6.45, 7) is 6.31. The number of nitrogens with zero attached hydrogens (tertiary/aromatic N) is 1. The van der Waals surface area contributed by atoms with Crippen molar-refractivity contribution < 1.29 is 5.11 Å². The fourth-order valence-corrected chi connectivity index (χ4v) is 3.87. The van der Waals surface area contributed by atoms with Crippen LogP contribution in [0.1, 0.15) is 43.7 Å². The van der Waals surface area contributed by atoms with Crippen LogP contribution in [0.15, 0.2) is 18.2 Å². The summed E-state index contributed by atoms with van der Waals surface area (Å²) >= 11 is 0. The second-order valence-corrected chi connectivity index (χ2v) is 6.31. The largest absolute Gasteiger partial charge is 0.393 e. The number of fused-ring (bicyclic) bond motifs is 2. The molecule has 3 rings (SSSR count). The van der Waals surface area contributed by atoms with E-state index < -0.39 is 0 Å². The van der Waals surface area contributed by atoms with E-state index in [-0.39, 0.29) is 6.10 Å². The van der Waals surface area contributed by atoms with E-state index in [0.717, 1.165) is 25.9 Å². The molecule has 2 aliphatic rings. The van der Waals surface area contributed by atoms with Crippen molar-refractivity contribution in [2.24, 2.45) is 0 Å². The number of nitrogens with one attached hydrogen (secondary N) is 1. The van der Waals surface area contributed by atoms with Crippen molar-refractivity contribution in [2.45, 2.75) is 64.3 Å². The Hall–Kier alpha value is -1.06. The summed E-state index contributed by atoms with van der Waals surface area (Å²) in [7, 11) is 0. The molecule has 0 aliphatic carbocycles. The minimum absolute atomic E-state index is 0.0853. The van der Waals surface area contributed by atoms with E-state index in [4.69, 9.17) is 0 Å². The van der Waals surface area contributed by atoms with Gasteiger partial charge in [0.25, 0.3) is 0 Å². The second-order valence-electron chi connectivity index (χ2n) is 6.31. The Kier molecular flexibility index (Phi) is 3.99. The Morgan fingerprint density at radius 3 is 2.55 bits per heavy atom. The fourth-order valence-electron chi connectivity index (χ4n) is 3.87. The molecule has 0 radical (unpaired) electrons. The van der Waals surface area contributed by atoms with E-state index >= 15 is 0 Å². The van der Waals surface area contributed by atoms with E-state index in [2.05, 4.69) is 42.3 Å². The zero-order chi connectivity index (χ0) is 14.1. The SMILES string of the molecule is CCNCc1ccc(N2C3CCC2CC(O)C3)cc1C. The van der Waals surface area contributed by atoms with Crippen LogP contribution in [0, 0.1) is 6.92 Å². The maximum absolute atomic E-state index is 9.92. The molecule has 3 heteroatoms. The van der Waals surface area contributed by atoms with Crippen LogP contribution in [0.5, 0.6) is 0 Å². The number of piperidine rings is 1. The van der Waals surface area contributed by atoms with Gasteiger partial charge in [0.15, 0.2) is 0 Å².